The topological polar surface area (TPSA) is 73.8 Å². The Balaban J connectivity index is 1.54. The van der Waals surface area contributed by atoms with Gasteiger partial charge in [0.1, 0.15) is 5.75 Å². The Bertz CT molecular complexity index is 1210. The van der Waals surface area contributed by atoms with Gasteiger partial charge in [-0.15, -0.1) is 0 Å². The molecule has 0 aliphatic carbocycles. The molecule has 0 radical (unpaired) electrons. The number of nitrogens with zero attached hydrogens (tertiary/aromatic N) is 4. The van der Waals surface area contributed by atoms with Crippen LogP contribution < -0.4 is 10.1 Å². The van der Waals surface area contributed by atoms with E-state index in [0.717, 1.165) is 73.0 Å². The van der Waals surface area contributed by atoms with E-state index in [4.69, 9.17) is 21.3 Å². The third-order valence-corrected chi connectivity index (χ3v) is 6.75. The Hall–Kier alpha value is -2.97. The van der Waals surface area contributed by atoms with E-state index >= 15 is 0 Å². The van der Waals surface area contributed by atoms with Gasteiger partial charge in [0.25, 0.3) is 0 Å². The molecule has 190 valence electrons. The van der Waals surface area contributed by atoms with Crippen LogP contribution in [-0.2, 0) is 6.54 Å². The van der Waals surface area contributed by atoms with Crippen molar-refractivity contribution in [3.05, 3.63) is 82.1 Å². The molecule has 0 spiro atoms. The Morgan fingerprint density at radius 1 is 1.14 bits per heavy atom. The lowest BCUT2D eigenvalue weighted by Gasteiger charge is -2.34. The second kappa shape index (κ2) is 12.3. The molecule has 1 saturated heterocycles. The SMILES string of the molecule is C/C=C(\c1ccccc1C)c1nc(Nc2cc(CN3CCN(CCO)CC3)cc(OC)c2)ncc1Cl. The summed E-state index contributed by atoms with van der Waals surface area (Å²) in [6, 6.07) is 14.3. The molecule has 0 saturated carbocycles. The second-order valence-corrected chi connectivity index (χ2v) is 9.35. The summed E-state index contributed by atoms with van der Waals surface area (Å²) in [5, 5.41) is 13.0. The third kappa shape index (κ3) is 6.42. The molecule has 1 aliphatic rings. The van der Waals surface area contributed by atoms with Crippen LogP contribution in [0.25, 0.3) is 5.57 Å². The molecule has 0 bridgehead atoms. The predicted octanol–water partition coefficient (Wildman–Crippen LogP) is 4.75. The smallest absolute Gasteiger partial charge is 0.227 e. The Morgan fingerprint density at radius 2 is 1.89 bits per heavy atom. The van der Waals surface area contributed by atoms with E-state index in [2.05, 4.69) is 51.3 Å². The van der Waals surface area contributed by atoms with Gasteiger partial charge in [-0.05, 0) is 42.7 Å². The van der Waals surface area contributed by atoms with Crippen LogP contribution in [0.4, 0.5) is 11.6 Å². The summed E-state index contributed by atoms with van der Waals surface area (Å²) in [5.74, 6) is 1.25. The monoisotopic (exact) mass is 507 g/mol. The number of rotatable bonds is 9. The highest BCUT2D eigenvalue weighted by Crippen LogP contribution is 2.31. The van der Waals surface area contributed by atoms with Gasteiger partial charge in [-0.2, -0.15) is 0 Å². The van der Waals surface area contributed by atoms with Gasteiger partial charge in [0.05, 0.1) is 30.6 Å². The number of benzene rings is 2. The number of β-amino-alcohol motifs (C(OH)–C–C–N with tert-alkyl or cyclic N) is 1. The predicted molar refractivity (Wildman–Crippen MR) is 146 cm³/mol. The van der Waals surface area contributed by atoms with Crippen molar-refractivity contribution in [2.75, 3.05) is 51.8 Å². The summed E-state index contributed by atoms with van der Waals surface area (Å²) >= 11 is 6.55. The number of aliphatic hydroxyl groups excluding tert-OH is 1. The van der Waals surface area contributed by atoms with Crippen LogP contribution in [0.15, 0.2) is 54.7 Å². The van der Waals surface area contributed by atoms with Crippen molar-refractivity contribution in [1.82, 2.24) is 19.8 Å². The fraction of sp³-hybridized carbons (Fsp3) is 0.357. The minimum Gasteiger partial charge on any atom is -0.497 e. The van der Waals surface area contributed by atoms with Crippen LogP contribution in [0.2, 0.25) is 5.02 Å². The molecule has 36 heavy (non-hydrogen) atoms. The van der Waals surface area contributed by atoms with Crippen LogP contribution in [0.3, 0.4) is 0 Å². The van der Waals surface area contributed by atoms with Crippen LogP contribution in [0, 0.1) is 6.92 Å². The van der Waals surface area contributed by atoms with Gasteiger partial charge >= 0.3 is 0 Å². The van der Waals surface area contributed by atoms with Gasteiger partial charge in [-0.3, -0.25) is 9.80 Å². The summed E-state index contributed by atoms with van der Waals surface area (Å²) in [6.07, 6.45) is 3.67. The summed E-state index contributed by atoms with van der Waals surface area (Å²) in [4.78, 5) is 13.9. The van der Waals surface area contributed by atoms with Crippen LogP contribution in [-0.4, -0.2) is 71.3 Å². The van der Waals surface area contributed by atoms with E-state index in [-0.39, 0.29) is 6.61 Å². The van der Waals surface area contributed by atoms with Crippen molar-refractivity contribution in [2.24, 2.45) is 0 Å². The number of hydrogen-bond donors (Lipinski definition) is 2. The Labute approximate surface area is 218 Å². The molecule has 0 atom stereocenters. The minimum absolute atomic E-state index is 0.208. The maximum absolute atomic E-state index is 9.18. The fourth-order valence-electron chi connectivity index (χ4n) is 4.55. The fourth-order valence-corrected chi connectivity index (χ4v) is 4.75. The average molecular weight is 508 g/mol. The van der Waals surface area contributed by atoms with Crippen molar-refractivity contribution in [2.45, 2.75) is 20.4 Å². The number of ether oxygens (including phenoxy) is 1. The van der Waals surface area contributed by atoms with Gasteiger partial charge < -0.3 is 15.2 Å². The number of aryl methyl sites for hydroxylation is 1. The highest BCUT2D eigenvalue weighted by Gasteiger charge is 2.18. The molecular weight excluding hydrogens is 474 g/mol. The number of methoxy groups -OCH3 is 1. The van der Waals surface area contributed by atoms with Crippen LogP contribution in [0.1, 0.15) is 29.3 Å². The minimum atomic E-state index is 0.208. The molecule has 3 aromatic rings. The van der Waals surface area contributed by atoms with Crippen LogP contribution >= 0.6 is 11.6 Å². The van der Waals surface area contributed by atoms with E-state index in [9.17, 15) is 5.11 Å². The number of aliphatic hydroxyl groups is 1. The Kier molecular flexibility index (Phi) is 8.93. The number of aromatic nitrogens is 2. The van der Waals surface area contributed by atoms with E-state index < -0.39 is 0 Å². The maximum Gasteiger partial charge on any atom is 0.227 e. The first-order chi connectivity index (χ1) is 17.5. The second-order valence-electron chi connectivity index (χ2n) is 8.94. The van der Waals surface area contributed by atoms with Crippen molar-refractivity contribution < 1.29 is 9.84 Å². The zero-order valence-corrected chi connectivity index (χ0v) is 21.9. The number of allylic oxidation sites excluding steroid dienone is 1. The van der Waals surface area contributed by atoms with E-state index in [1.807, 2.05) is 31.2 Å². The normalized spacial score (nSPS) is 15.2. The number of piperazine rings is 1. The van der Waals surface area contributed by atoms with E-state index in [0.29, 0.717) is 16.7 Å². The lowest BCUT2D eigenvalue weighted by atomic mass is 9.98. The third-order valence-electron chi connectivity index (χ3n) is 6.47. The highest BCUT2D eigenvalue weighted by atomic mass is 35.5. The lowest BCUT2D eigenvalue weighted by molar-refractivity contribution is 0.108. The molecule has 1 aliphatic heterocycles. The van der Waals surface area contributed by atoms with Gasteiger partial charge in [-0.25, -0.2) is 9.97 Å². The largest absolute Gasteiger partial charge is 0.497 e. The van der Waals surface area contributed by atoms with Gasteiger partial charge in [0, 0.05) is 56.6 Å². The number of hydrogen-bond acceptors (Lipinski definition) is 7. The molecule has 7 nitrogen and oxygen atoms in total. The molecular formula is C28H34ClN5O2. The summed E-state index contributed by atoms with van der Waals surface area (Å²) in [6.45, 7) is 9.70. The van der Waals surface area contributed by atoms with Gasteiger partial charge in [0.15, 0.2) is 0 Å². The lowest BCUT2D eigenvalue weighted by Crippen LogP contribution is -2.46. The molecule has 4 rings (SSSR count). The van der Waals surface area contributed by atoms with Crippen molar-refractivity contribution >= 4 is 28.8 Å². The average Bonchev–Trinajstić information content (AvgIpc) is 2.88. The molecule has 2 aromatic carbocycles. The summed E-state index contributed by atoms with van der Waals surface area (Å²) in [5.41, 5.74) is 5.91. The quantitative estimate of drug-likeness (QED) is 0.433. The Morgan fingerprint density at radius 3 is 2.58 bits per heavy atom. The van der Waals surface area contributed by atoms with Crippen LogP contribution in [0.5, 0.6) is 5.75 Å². The number of anilines is 2. The molecule has 1 fully saturated rings. The number of halogens is 1. The first-order valence-corrected chi connectivity index (χ1v) is 12.6. The standard InChI is InChI=1S/C28H34ClN5O2/c1-4-24(25-8-6-5-7-20(25)2)27-26(29)18-30-28(32-27)31-22-15-21(16-23(17-22)36-3)19-34-11-9-33(10-12-34)13-14-35/h4-8,15-18,35H,9-14,19H2,1-3H3,(H,30,31,32)/b24-4+. The van der Waals surface area contributed by atoms with Crippen molar-refractivity contribution in [3.63, 3.8) is 0 Å². The number of nitrogens with one attached hydrogen (secondary N) is 1. The van der Waals surface area contributed by atoms with Gasteiger partial charge in [0.2, 0.25) is 5.95 Å². The zero-order chi connectivity index (χ0) is 25.5. The molecule has 1 aromatic heterocycles. The highest BCUT2D eigenvalue weighted by molar-refractivity contribution is 6.32. The summed E-state index contributed by atoms with van der Waals surface area (Å²) < 4.78 is 5.58. The molecule has 8 heteroatoms. The first-order valence-electron chi connectivity index (χ1n) is 12.3. The molecule has 2 N–H and O–H groups in total. The van der Waals surface area contributed by atoms with Gasteiger partial charge in [-0.1, -0.05) is 41.9 Å². The van der Waals surface area contributed by atoms with E-state index in [1.165, 1.54) is 0 Å². The van der Waals surface area contributed by atoms with E-state index in [1.54, 1.807) is 13.3 Å². The molecule has 0 amide bonds. The first kappa shape index (κ1) is 26.1. The van der Waals surface area contributed by atoms with Crippen molar-refractivity contribution in [3.8, 4) is 5.75 Å². The summed E-state index contributed by atoms with van der Waals surface area (Å²) in [7, 11) is 1.67. The molecule has 2 heterocycles. The zero-order valence-electron chi connectivity index (χ0n) is 21.2. The maximum atomic E-state index is 9.18. The molecule has 0 unspecified atom stereocenters. The van der Waals surface area contributed by atoms with Crippen molar-refractivity contribution in [1.29, 1.82) is 0 Å².